The highest BCUT2D eigenvalue weighted by atomic mass is 19.4. The lowest BCUT2D eigenvalue weighted by Crippen LogP contribution is -2.21. The van der Waals surface area contributed by atoms with Crippen LogP contribution in [0.4, 0.5) is 18.9 Å². The fraction of sp³-hybridized carbons (Fsp3) is 0.316. The molecule has 0 aromatic heterocycles. The molecule has 1 N–H and O–H groups in total. The predicted molar refractivity (Wildman–Crippen MR) is 90.7 cm³/mol. The van der Waals surface area contributed by atoms with E-state index in [1.807, 2.05) is 37.3 Å². The number of alkyl halides is 3. The highest BCUT2D eigenvalue weighted by Crippen LogP contribution is 2.24. The number of anilines is 1. The number of amides is 1. The summed E-state index contributed by atoms with van der Waals surface area (Å²) in [6.07, 6.45) is -2.81. The van der Waals surface area contributed by atoms with E-state index < -0.39 is 12.8 Å². The number of hydrogen-bond donors (Lipinski definition) is 1. The molecule has 0 aliphatic heterocycles. The molecule has 0 saturated heterocycles. The molecule has 0 aliphatic carbocycles. The second kappa shape index (κ2) is 8.55. The Kier molecular flexibility index (Phi) is 6.44. The molecule has 1 amide bonds. The average Bonchev–Trinajstić information content (AvgIpc) is 2.59. The molecular formula is C19H20F3NO2. The Hall–Kier alpha value is -2.50. The molecule has 25 heavy (non-hydrogen) atoms. The topological polar surface area (TPSA) is 38.3 Å². The summed E-state index contributed by atoms with van der Waals surface area (Å²) in [6, 6.07) is 15.3. The van der Waals surface area contributed by atoms with Crippen molar-refractivity contribution in [3.05, 3.63) is 60.2 Å². The van der Waals surface area contributed by atoms with E-state index in [1.54, 1.807) is 0 Å². The van der Waals surface area contributed by atoms with Gasteiger partial charge in [0.2, 0.25) is 5.91 Å². The van der Waals surface area contributed by atoms with Crippen molar-refractivity contribution in [1.29, 1.82) is 0 Å². The molecule has 0 fully saturated rings. The number of nitrogens with one attached hydrogen (secondary N) is 1. The van der Waals surface area contributed by atoms with Crippen LogP contribution in [0.5, 0.6) is 5.75 Å². The fourth-order valence-electron chi connectivity index (χ4n) is 2.45. The lowest BCUT2D eigenvalue weighted by molar-refractivity contribution is -0.153. The normalized spacial score (nSPS) is 12.5. The maximum absolute atomic E-state index is 12.6. The SMILES string of the molecule is CCCC(C(=O)Nc1ccc(OCC(F)(F)F)cc1)c1ccccc1. The Morgan fingerprint density at radius 1 is 1.08 bits per heavy atom. The van der Waals surface area contributed by atoms with Crippen LogP contribution in [0.3, 0.4) is 0 Å². The van der Waals surface area contributed by atoms with Gasteiger partial charge < -0.3 is 10.1 Å². The van der Waals surface area contributed by atoms with Crippen LogP contribution in [0.1, 0.15) is 31.2 Å². The number of carbonyl (C=O) groups excluding carboxylic acids is 1. The molecule has 0 radical (unpaired) electrons. The molecule has 6 heteroatoms. The molecular weight excluding hydrogens is 331 g/mol. The zero-order valence-electron chi connectivity index (χ0n) is 13.8. The molecule has 1 unspecified atom stereocenters. The third-order valence-corrected chi connectivity index (χ3v) is 3.62. The summed E-state index contributed by atoms with van der Waals surface area (Å²) < 4.78 is 41.0. The van der Waals surface area contributed by atoms with E-state index in [4.69, 9.17) is 0 Å². The van der Waals surface area contributed by atoms with Gasteiger partial charge >= 0.3 is 6.18 Å². The largest absolute Gasteiger partial charge is 0.484 e. The van der Waals surface area contributed by atoms with Crippen LogP contribution in [0.15, 0.2) is 54.6 Å². The molecule has 2 aromatic carbocycles. The van der Waals surface area contributed by atoms with Gasteiger partial charge in [-0.3, -0.25) is 4.79 Å². The highest BCUT2D eigenvalue weighted by Gasteiger charge is 2.28. The van der Waals surface area contributed by atoms with E-state index in [9.17, 15) is 18.0 Å². The quantitative estimate of drug-likeness (QED) is 0.749. The Labute approximate surface area is 144 Å². The fourth-order valence-corrected chi connectivity index (χ4v) is 2.45. The van der Waals surface area contributed by atoms with Crippen LogP contribution in [-0.2, 0) is 4.79 Å². The molecule has 1 atom stereocenters. The van der Waals surface area contributed by atoms with Crippen LogP contribution < -0.4 is 10.1 Å². The van der Waals surface area contributed by atoms with Gasteiger partial charge in [0.25, 0.3) is 0 Å². The van der Waals surface area contributed by atoms with Gasteiger partial charge in [-0.2, -0.15) is 13.2 Å². The number of hydrogen-bond acceptors (Lipinski definition) is 2. The van der Waals surface area contributed by atoms with Crippen molar-refractivity contribution in [3.63, 3.8) is 0 Å². The van der Waals surface area contributed by atoms with Gasteiger partial charge in [-0.25, -0.2) is 0 Å². The number of rotatable bonds is 7. The summed E-state index contributed by atoms with van der Waals surface area (Å²) in [7, 11) is 0. The molecule has 3 nitrogen and oxygen atoms in total. The van der Waals surface area contributed by atoms with E-state index >= 15 is 0 Å². The van der Waals surface area contributed by atoms with Gasteiger partial charge in [-0.1, -0.05) is 43.7 Å². The lowest BCUT2D eigenvalue weighted by Gasteiger charge is -2.17. The van der Waals surface area contributed by atoms with Gasteiger partial charge in [-0.15, -0.1) is 0 Å². The van der Waals surface area contributed by atoms with E-state index in [0.717, 1.165) is 12.0 Å². The first kappa shape index (κ1) is 18.8. The van der Waals surface area contributed by atoms with Crippen molar-refractivity contribution in [2.24, 2.45) is 0 Å². The van der Waals surface area contributed by atoms with Crippen LogP contribution >= 0.6 is 0 Å². The monoisotopic (exact) mass is 351 g/mol. The molecule has 2 aromatic rings. The first-order chi connectivity index (χ1) is 11.9. The second-order valence-electron chi connectivity index (χ2n) is 5.67. The van der Waals surface area contributed by atoms with Crippen molar-refractivity contribution in [1.82, 2.24) is 0 Å². The second-order valence-corrected chi connectivity index (χ2v) is 5.67. The summed E-state index contributed by atoms with van der Waals surface area (Å²) in [6.45, 7) is 0.668. The minimum atomic E-state index is -4.38. The third-order valence-electron chi connectivity index (χ3n) is 3.62. The van der Waals surface area contributed by atoms with Gasteiger partial charge in [-0.05, 0) is 36.2 Å². The van der Waals surface area contributed by atoms with E-state index in [0.29, 0.717) is 12.1 Å². The predicted octanol–water partition coefficient (Wildman–Crippen LogP) is 5.15. The van der Waals surface area contributed by atoms with Crippen LogP contribution in [-0.4, -0.2) is 18.7 Å². The number of benzene rings is 2. The van der Waals surface area contributed by atoms with E-state index in [-0.39, 0.29) is 17.6 Å². The molecule has 134 valence electrons. The Bertz CT molecular complexity index is 669. The number of halogens is 3. The number of carbonyl (C=O) groups is 1. The lowest BCUT2D eigenvalue weighted by atomic mass is 9.93. The van der Waals surface area contributed by atoms with Crippen molar-refractivity contribution in [2.45, 2.75) is 31.9 Å². The zero-order valence-corrected chi connectivity index (χ0v) is 13.8. The Morgan fingerprint density at radius 2 is 1.72 bits per heavy atom. The van der Waals surface area contributed by atoms with Gasteiger partial charge in [0.15, 0.2) is 6.61 Å². The summed E-state index contributed by atoms with van der Waals surface area (Å²) in [5.74, 6) is -0.312. The average molecular weight is 351 g/mol. The van der Waals surface area contributed by atoms with Gasteiger partial charge in [0, 0.05) is 5.69 Å². The first-order valence-corrected chi connectivity index (χ1v) is 8.04. The minimum Gasteiger partial charge on any atom is -0.484 e. The van der Waals surface area contributed by atoms with Crippen molar-refractivity contribution < 1.29 is 22.7 Å². The summed E-state index contributed by atoms with van der Waals surface area (Å²) >= 11 is 0. The smallest absolute Gasteiger partial charge is 0.422 e. The maximum Gasteiger partial charge on any atom is 0.422 e. The van der Waals surface area contributed by atoms with Gasteiger partial charge in [0.1, 0.15) is 5.75 Å². The van der Waals surface area contributed by atoms with Crippen LogP contribution in [0.2, 0.25) is 0 Å². The third kappa shape index (κ3) is 6.14. The minimum absolute atomic E-state index is 0.100. The van der Waals surface area contributed by atoms with Crippen molar-refractivity contribution in [3.8, 4) is 5.75 Å². The Balaban J connectivity index is 2.01. The molecule has 2 rings (SSSR count). The molecule has 0 saturated carbocycles. The van der Waals surface area contributed by atoms with Crippen LogP contribution in [0, 0.1) is 0 Å². The van der Waals surface area contributed by atoms with Gasteiger partial charge in [0.05, 0.1) is 5.92 Å². The summed E-state index contributed by atoms with van der Waals surface area (Å²) in [4.78, 5) is 12.6. The van der Waals surface area contributed by atoms with E-state index in [1.165, 1.54) is 24.3 Å². The van der Waals surface area contributed by atoms with Crippen molar-refractivity contribution >= 4 is 11.6 Å². The summed E-state index contributed by atoms with van der Waals surface area (Å²) in [5.41, 5.74) is 1.45. The highest BCUT2D eigenvalue weighted by molar-refractivity contribution is 5.95. The molecule has 0 spiro atoms. The molecule has 0 heterocycles. The standard InChI is InChI=1S/C19H20F3NO2/c1-2-6-17(14-7-4-3-5-8-14)18(24)23-15-9-11-16(12-10-15)25-13-19(20,21)22/h3-5,7-12,17H,2,6,13H2,1H3,(H,23,24). The molecule has 0 aliphatic rings. The first-order valence-electron chi connectivity index (χ1n) is 8.04. The number of ether oxygens (including phenoxy) is 1. The Morgan fingerprint density at radius 3 is 2.28 bits per heavy atom. The zero-order chi connectivity index (χ0) is 18.3. The summed E-state index contributed by atoms with van der Waals surface area (Å²) in [5, 5.41) is 2.81. The van der Waals surface area contributed by atoms with E-state index in [2.05, 4.69) is 10.1 Å². The maximum atomic E-state index is 12.6. The molecule has 0 bridgehead atoms. The van der Waals surface area contributed by atoms with Crippen molar-refractivity contribution in [2.75, 3.05) is 11.9 Å². The van der Waals surface area contributed by atoms with Crippen LogP contribution in [0.25, 0.3) is 0 Å².